The third kappa shape index (κ3) is 3.33. The molecule has 0 amide bonds. The van der Waals surface area contributed by atoms with E-state index in [0.717, 1.165) is 24.3 Å². The van der Waals surface area contributed by atoms with Crippen molar-refractivity contribution >= 4 is 34.1 Å². The highest BCUT2D eigenvalue weighted by Gasteiger charge is 2.56. The molecule has 0 radical (unpaired) electrons. The van der Waals surface area contributed by atoms with E-state index in [2.05, 4.69) is 5.10 Å². The first-order chi connectivity index (χ1) is 14.1. The van der Waals surface area contributed by atoms with E-state index in [4.69, 9.17) is 23.2 Å². The molecule has 0 aliphatic rings. The second-order valence-electron chi connectivity index (χ2n) is 6.64. The molecule has 0 saturated carbocycles. The summed E-state index contributed by atoms with van der Waals surface area (Å²) in [5, 5.41) is 15.4. The van der Waals surface area contributed by atoms with Crippen molar-refractivity contribution in [3.05, 3.63) is 93.8 Å². The zero-order valence-electron chi connectivity index (χ0n) is 15.0. The van der Waals surface area contributed by atoms with Gasteiger partial charge in [-0.2, -0.15) is 18.3 Å². The van der Waals surface area contributed by atoms with Crippen LogP contribution in [-0.4, -0.2) is 21.1 Å². The van der Waals surface area contributed by atoms with Crippen molar-refractivity contribution in [1.29, 1.82) is 0 Å². The molecular formula is C21H12Cl2F4N2O. The molecule has 0 saturated heterocycles. The Hall–Kier alpha value is -2.61. The Labute approximate surface area is 178 Å². The van der Waals surface area contributed by atoms with Gasteiger partial charge < -0.3 is 5.11 Å². The lowest BCUT2D eigenvalue weighted by molar-refractivity contribution is -0.248. The average molecular weight is 455 g/mol. The summed E-state index contributed by atoms with van der Waals surface area (Å²) < 4.78 is 57.0. The number of aliphatic hydroxyl groups is 1. The number of alkyl halides is 3. The normalized spacial score (nSPS) is 14.1. The van der Waals surface area contributed by atoms with Crippen LogP contribution in [0.25, 0.3) is 16.6 Å². The maximum absolute atomic E-state index is 14.0. The van der Waals surface area contributed by atoms with Gasteiger partial charge in [0.05, 0.1) is 22.4 Å². The Morgan fingerprint density at radius 3 is 2.13 bits per heavy atom. The van der Waals surface area contributed by atoms with Crippen LogP contribution in [0.4, 0.5) is 17.6 Å². The van der Waals surface area contributed by atoms with E-state index < -0.39 is 33.7 Å². The minimum atomic E-state index is -5.09. The van der Waals surface area contributed by atoms with Gasteiger partial charge in [0.15, 0.2) is 0 Å². The number of fused-ring (bicyclic) bond motifs is 1. The van der Waals surface area contributed by atoms with Crippen LogP contribution in [0.1, 0.15) is 11.1 Å². The molecule has 3 aromatic carbocycles. The molecule has 1 unspecified atom stereocenters. The smallest absolute Gasteiger partial charge is 0.372 e. The molecule has 154 valence electrons. The molecule has 9 heteroatoms. The van der Waals surface area contributed by atoms with Gasteiger partial charge in [-0.25, -0.2) is 9.07 Å². The summed E-state index contributed by atoms with van der Waals surface area (Å²) in [6, 6.07) is 12.9. The molecule has 4 rings (SSSR count). The summed E-state index contributed by atoms with van der Waals surface area (Å²) in [6.07, 6.45) is -3.70. The Bertz CT molecular complexity index is 1240. The minimum absolute atomic E-state index is 0.373. The number of benzene rings is 3. The van der Waals surface area contributed by atoms with E-state index in [0.29, 0.717) is 21.6 Å². The lowest BCUT2D eigenvalue weighted by Crippen LogP contribution is -2.43. The van der Waals surface area contributed by atoms with E-state index in [1.54, 1.807) is 24.3 Å². The van der Waals surface area contributed by atoms with Crippen LogP contribution < -0.4 is 0 Å². The average Bonchev–Trinajstić information content (AvgIpc) is 3.12. The van der Waals surface area contributed by atoms with E-state index >= 15 is 0 Å². The molecule has 1 atom stereocenters. The van der Waals surface area contributed by atoms with Crippen LogP contribution in [0.5, 0.6) is 0 Å². The molecule has 4 aromatic rings. The maximum Gasteiger partial charge on any atom is 0.425 e. The Kier molecular flexibility index (Phi) is 5.00. The van der Waals surface area contributed by atoms with Crippen LogP contribution >= 0.6 is 23.2 Å². The van der Waals surface area contributed by atoms with E-state index in [1.165, 1.54) is 23.0 Å². The number of aromatic nitrogens is 2. The van der Waals surface area contributed by atoms with Crippen molar-refractivity contribution in [2.45, 2.75) is 11.8 Å². The fraction of sp³-hybridized carbons (Fsp3) is 0.0952. The molecule has 0 spiro atoms. The van der Waals surface area contributed by atoms with Crippen molar-refractivity contribution in [3.63, 3.8) is 0 Å². The number of hydrogen-bond acceptors (Lipinski definition) is 2. The van der Waals surface area contributed by atoms with E-state index in [1.807, 2.05) is 0 Å². The van der Waals surface area contributed by atoms with Crippen molar-refractivity contribution in [1.82, 2.24) is 9.78 Å². The minimum Gasteiger partial charge on any atom is -0.372 e. The quantitative estimate of drug-likeness (QED) is 0.370. The topological polar surface area (TPSA) is 38.1 Å². The van der Waals surface area contributed by atoms with Gasteiger partial charge in [0.25, 0.3) is 0 Å². The van der Waals surface area contributed by atoms with Gasteiger partial charge >= 0.3 is 6.18 Å². The molecule has 3 nitrogen and oxygen atoms in total. The summed E-state index contributed by atoms with van der Waals surface area (Å²) in [5.74, 6) is -0.885. The molecular weight excluding hydrogens is 443 g/mol. The third-order valence-corrected chi connectivity index (χ3v) is 5.35. The van der Waals surface area contributed by atoms with Crippen molar-refractivity contribution in [2.24, 2.45) is 0 Å². The van der Waals surface area contributed by atoms with Crippen LogP contribution in [0.15, 0.2) is 66.9 Å². The SMILES string of the molecule is OC(c1ccc(F)c(Cl)c1)(c1ccc2c(cnn2-c2ccc(Cl)cc2)c1)C(F)(F)F. The first kappa shape index (κ1) is 20.7. The number of nitrogens with zero attached hydrogens (tertiary/aromatic N) is 2. The van der Waals surface area contributed by atoms with E-state index in [-0.39, 0.29) is 0 Å². The highest BCUT2D eigenvalue weighted by Crippen LogP contribution is 2.45. The van der Waals surface area contributed by atoms with Crippen LogP contribution in [-0.2, 0) is 5.60 Å². The van der Waals surface area contributed by atoms with Gasteiger partial charge in [-0.3, -0.25) is 0 Å². The first-order valence-electron chi connectivity index (χ1n) is 8.60. The zero-order valence-corrected chi connectivity index (χ0v) is 16.5. The van der Waals surface area contributed by atoms with Gasteiger partial charge in [0.1, 0.15) is 5.82 Å². The van der Waals surface area contributed by atoms with Gasteiger partial charge in [0, 0.05) is 10.4 Å². The maximum atomic E-state index is 14.0. The summed E-state index contributed by atoms with van der Waals surface area (Å²) in [6.45, 7) is 0. The largest absolute Gasteiger partial charge is 0.425 e. The Morgan fingerprint density at radius 1 is 0.867 bits per heavy atom. The predicted molar refractivity (Wildman–Crippen MR) is 107 cm³/mol. The monoisotopic (exact) mass is 454 g/mol. The summed E-state index contributed by atoms with van der Waals surface area (Å²) in [5.41, 5.74) is -3.23. The molecule has 1 N–H and O–H groups in total. The summed E-state index contributed by atoms with van der Waals surface area (Å²) >= 11 is 11.5. The first-order valence-corrected chi connectivity index (χ1v) is 9.35. The summed E-state index contributed by atoms with van der Waals surface area (Å²) in [4.78, 5) is 0. The zero-order chi connectivity index (χ0) is 21.7. The van der Waals surface area contributed by atoms with Crippen molar-refractivity contribution in [2.75, 3.05) is 0 Å². The molecule has 0 aliphatic heterocycles. The molecule has 1 aromatic heterocycles. The molecule has 1 heterocycles. The number of hydrogen-bond donors (Lipinski definition) is 1. The van der Waals surface area contributed by atoms with Gasteiger partial charge in [0.2, 0.25) is 5.60 Å². The second-order valence-corrected chi connectivity index (χ2v) is 7.49. The van der Waals surface area contributed by atoms with Crippen molar-refractivity contribution < 1.29 is 22.7 Å². The Balaban J connectivity index is 1.87. The lowest BCUT2D eigenvalue weighted by Gasteiger charge is -2.31. The number of halogens is 6. The summed E-state index contributed by atoms with van der Waals surface area (Å²) in [7, 11) is 0. The Morgan fingerprint density at radius 2 is 1.50 bits per heavy atom. The standard InChI is InChI=1S/C21H12Cl2F4N2O/c22-15-3-5-16(6-4-15)29-19-8-2-13(9-12(19)11-28-29)20(30,21(25,26)27)14-1-7-18(24)17(23)10-14/h1-11,30H. The van der Waals surface area contributed by atoms with Gasteiger partial charge in [-0.15, -0.1) is 0 Å². The molecule has 30 heavy (non-hydrogen) atoms. The third-order valence-electron chi connectivity index (χ3n) is 4.80. The van der Waals surface area contributed by atoms with Crippen LogP contribution in [0.2, 0.25) is 10.0 Å². The van der Waals surface area contributed by atoms with E-state index in [9.17, 15) is 22.7 Å². The molecule has 0 aliphatic carbocycles. The fourth-order valence-electron chi connectivity index (χ4n) is 3.26. The molecule has 0 bridgehead atoms. The second kappa shape index (κ2) is 7.27. The molecule has 0 fully saturated rings. The fourth-order valence-corrected chi connectivity index (χ4v) is 3.57. The van der Waals surface area contributed by atoms with Gasteiger partial charge in [-0.05, 0) is 59.7 Å². The van der Waals surface area contributed by atoms with Gasteiger partial charge in [-0.1, -0.05) is 35.3 Å². The van der Waals surface area contributed by atoms with Crippen LogP contribution in [0, 0.1) is 5.82 Å². The highest BCUT2D eigenvalue weighted by molar-refractivity contribution is 6.31. The van der Waals surface area contributed by atoms with Crippen LogP contribution in [0.3, 0.4) is 0 Å². The highest BCUT2D eigenvalue weighted by atomic mass is 35.5. The predicted octanol–water partition coefficient (Wildman–Crippen LogP) is 6.27. The van der Waals surface area contributed by atoms with Crippen molar-refractivity contribution in [3.8, 4) is 5.69 Å². The number of rotatable bonds is 3. The lowest BCUT2D eigenvalue weighted by atomic mass is 9.85.